The van der Waals surface area contributed by atoms with Crippen LogP contribution in [-0.2, 0) is 9.53 Å². The van der Waals surface area contributed by atoms with Crippen molar-refractivity contribution in [1.29, 1.82) is 0 Å². The quantitative estimate of drug-likeness (QED) is 0.298. The molecule has 2 heterocycles. The van der Waals surface area contributed by atoms with Crippen molar-refractivity contribution in [3.63, 3.8) is 0 Å². The molecule has 29 heavy (non-hydrogen) atoms. The maximum absolute atomic E-state index is 13.0. The van der Waals surface area contributed by atoms with Gasteiger partial charge in [0.15, 0.2) is 0 Å². The highest BCUT2D eigenvalue weighted by atomic mass is 127. The zero-order valence-electron chi connectivity index (χ0n) is 17.3. The molecule has 0 aromatic carbocycles. The molecule has 0 N–H and O–H groups in total. The van der Waals surface area contributed by atoms with E-state index in [1.54, 1.807) is 23.2 Å². The molecule has 160 valence electrons. The lowest BCUT2D eigenvalue weighted by Gasteiger charge is -2.40. The van der Waals surface area contributed by atoms with Crippen LogP contribution in [-0.4, -0.2) is 65.2 Å². The maximum Gasteiger partial charge on any atom is 0.411 e. The van der Waals surface area contributed by atoms with E-state index in [-0.39, 0.29) is 12.8 Å². The lowest BCUT2D eigenvalue weighted by molar-refractivity contribution is -0.104. The topological polar surface area (TPSA) is 72.0 Å². The third kappa shape index (κ3) is 8.30. The molecule has 0 radical (unpaired) electrons. The molecule has 0 spiro atoms. The number of hydrogen-bond acceptors (Lipinski definition) is 6. The van der Waals surface area contributed by atoms with Crippen LogP contribution in [0.15, 0.2) is 30.5 Å². The number of rotatable bonds is 8. The zero-order chi connectivity index (χ0) is 21.3. The number of piperidine rings is 1. The van der Waals surface area contributed by atoms with E-state index in [4.69, 9.17) is 9.47 Å². The largest absolute Gasteiger partial charge is 0.476 e. The van der Waals surface area contributed by atoms with Crippen molar-refractivity contribution in [2.24, 2.45) is 0 Å². The first kappa shape index (κ1) is 23.6. The van der Waals surface area contributed by atoms with E-state index in [9.17, 15) is 9.59 Å². The van der Waals surface area contributed by atoms with E-state index >= 15 is 0 Å². The Balaban J connectivity index is 2.15. The summed E-state index contributed by atoms with van der Waals surface area (Å²) in [7, 11) is 0. The van der Waals surface area contributed by atoms with Crippen LogP contribution in [0.1, 0.15) is 40.0 Å². The van der Waals surface area contributed by atoms with Gasteiger partial charge in [-0.3, -0.25) is 14.6 Å². The standard InChI is InChI=1S/C21H30IN3O4/c1-21(2,3)29-20(27)25(13-15-28-18-10-9-17(22)16-23-18)19(8-7-14-26)24-11-5-4-6-12-24/h7-10,14,16,19H,4-6,11-13,15H2,1-3H3/b8-7+. The van der Waals surface area contributed by atoms with E-state index in [0.29, 0.717) is 12.4 Å². The van der Waals surface area contributed by atoms with Crippen LogP contribution in [0, 0.1) is 3.57 Å². The predicted octanol–water partition coefficient (Wildman–Crippen LogP) is 3.87. The van der Waals surface area contributed by atoms with Gasteiger partial charge in [-0.1, -0.05) is 6.42 Å². The van der Waals surface area contributed by atoms with Crippen LogP contribution in [0.5, 0.6) is 5.88 Å². The summed E-state index contributed by atoms with van der Waals surface area (Å²) in [6.07, 6.45) is 8.18. The minimum atomic E-state index is -0.616. The molecular weight excluding hydrogens is 485 g/mol. The molecule has 0 saturated carbocycles. The molecular formula is C21H30IN3O4. The number of pyridine rings is 1. The van der Waals surface area contributed by atoms with Crippen molar-refractivity contribution < 1.29 is 19.1 Å². The van der Waals surface area contributed by atoms with Gasteiger partial charge in [0.2, 0.25) is 5.88 Å². The number of likely N-dealkylation sites (tertiary alicyclic amines) is 1. The van der Waals surface area contributed by atoms with Crippen molar-refractivity contribution in [3.05, 3.63) is 34.1 Å². The number of aromatic nitrogens is 1. The highest BCUT2D eigenvalue weighted by Crippen LogP contribution is 2.19. The van der Waals surface area contributed by atoms with E-state index in [0.717, 1.165) is 35.8 Å². The highest BCUT2D eigenvalue weighted by molar-refractivity contribution is 14.1. The van der Waals surface area contributed by atoms with E-state index in [2.05, 4.69) is 32.5 Å². The molecule has 1 aromatic rings. The molecule has 1 amide bonds. The van der Waals surface area contributed by atoms with Gasteiger partial charge in [-0.15, -0.1) is 0 Å². The summed E-state index contributed by atoms with van der Waals surface area (Å²) in [4.78, 5) is 32.0. The van der Waals surface area contributed by atoms with Crippen molar-refractivity contribution in [3.8, 4) is 5.88 Å². The minimum absolute atomic E-state index is 0.270. The van der Waals surface area contributed by atoms with Crippen molar-refractivity contribution in [2.75, 3.05) is 26.2 Å². The maximum atomic E-state index is 13.0. The Morgan fingerprint density at radius 2 is 2.03 bits per heavy atom. The first-order chi connectivity index (χ1) is 13.8. The van der Waals surface area contributed by atoms with Crippen LogP contribution in [0.4, 0.5) is 4.79 Å². The lowest BCUT2D eigenvalue weighted by Crippen LogP contribution is -2.53. The summed E-state index contributed by atoms with van der Waals surface area (Å²) in [5.74, 6) is 0.507. The molecule has 1 atom stereocenters. The second kappa shape index (κ2) is 11.5. The predicted molar refractivity (Wildman–Crippen MR) is 120 cm³/mol. The number of ether oxygens (including phenoxy) is 2. The molecule has 8 heteroatoms. The summed E-state index contributed by atoms with van der Waals surface area (Å²) in [6.45, 7) is 7.84. The average molecular weight is 515 g/mol. The Labute approximate surface area is 186 Å². The Morgan fingerprint density at radius 3 is 2.62 bits per heavy atom. The van der Waals surface area contributed by atoms with Gasteiger partial charge in [0.25, 0.3) is 0 Å². The fourth-order valence-corrected chi connectivity index (χ4v) is 3.42. The van der Waals surface area contributed by atoms with Gasteiger partial charge in [0.05, 0.1) is 6.54 Å². The minimum Gasteiger partial charge on any atom is -0.476 e. The smallest absolute Gasteiger partial charge is 0.411 e. The Morgan fingerprint density at radius 1 is 1.31 bits per heavy atom. The summed E-state index contributed by atoms with van der Waals surface area (Å²) in [5, 5.41) is 0. The fraction of sp³-hybridized carbons (Fsp3) is 0.571. The summed E-state index contributed by atoms with van der Waals surface area (Å²) >= 11 is 2.18. The Kier molecular flexibility index (Phi) is 9.35. The zero-order valence-corrected chi connectivity index (χ0v) is 19.5. The van der Waals surface area contributed by atoms with Gasteiger partial charge in [-0.25, -0.2) is 9.78 Å². The van der Waals surface area contributed by atoms with E-state index in [1.807, 2.05) is 26.8 Å². The molecule has 1 saturated heterocycles. The second-order valence-electron chi connectivity index (χ2n) is 7.87. The van der Waals surface area contributed by atoms with Crippen LogP contribution in [0.2, 0.25) is 0 Å². The molecule has 1 aliphatic heterocycles. The lowest BCUT2D eigenvalue weighted by atomic mass is 10.1. The first-order valence-electron chi connectivity index (χ1n) is 9.90. The average Bonchev–Trinajstić information content (AvgIpc) is 2.67. The number of carbonyl (C=O) groups is 2. The van der Waals surface area contributed by atoms with Gasteiger partial charge in [0.1, 0.15) is 24.7 Å². The Hall–Kier alpha value is -1.68. The van der Waals surface area contributed by atoms with Gasteiger partial charge in [0, 0.05) is 28.9 Å². The van der Waals surface area contributed by atoms with Crippen molar-refractivity contribution >= 4 is 35.0 Å². The SMILES string of the molecule is CC(C)(C)OC(=O)N(CCOc1ccc(I)cn1)C(/C=C/C=O)N1CCCCC1. The van der Waals surface area contributed by atoms with Gasteiger partial charge < -0.3 is 9.47 Å². The van der Waals surface area contributed by atoms with Crippen molar-refractivity contribution in [2.45, 2.75) is 51.8 Å². The Bertz CT molecular complexity index is 682. The number of amides is 1. The van der Waals surface area contributed by atoms with E-state index in [1.165, 1.54) is 12.5 Å². The molecule has 7 nitrogen and oxygen atoms in total. The third-order valence-corrected chi connectivity index (χ3v) is 4.99. The molecule has 1 aromatic heterocycles. The number of halogens is 1. The monoisotopic (exact) mass is 515 g/mol. The third-order valence-electron chi connectivity index (χ3n) is 4.36. The highest BCUT2D eigenvalue weighted by Gasteiger charge is 2.31. The number of hydrogen-bond donors (Lipinski definition) is 0. The van der Waals surface area contributed by atoms with Gasteiger partial charge in [-0.2, -0.15) is 0 Å². The van der Waals surface area contributed by atoms with Crippen molar-refractivity contribution in [1.82, 2.24) is 14.8 Å². The molecule has 2 rings (SSSR count). The first-order valence-corrected chi connectivity index (χ1v) is 11.0. The fourth-order valence-electron chi connectivity index (χ4n) is 3.10. The van der Waals surface area contributed by atoms with Crippen LogP contribution in [0.3, 0.4) is 0 Å². The normalized spacial score (nSPS) is 16.4. The molecule has 1 unspecified atom stereocenters. The molecule has 1 aliphatic rings. The van der Waals surface area contributed by atoms with Crippen LogP contribution in [0.25, 0.3) is 0 Å². The van der Waals surface area contributed by atoms with E-state index < -0.39 is 11.7 Å². The molecule has 1 fully saturated rings. The molecule has 0 bridgehead atoms. The number of nitrogens with zero attached hydrogens (tertiary/aromatic N) is 3. The number of allylic oxidation sites excluding steroid dienone is 1. The van der Waals surface area contributed by atoms with Gasteiger partial charge >= 0.3 is 6.09 Å². The van der Waals surface area contributed by atoms with Gasteiger partial charge in [-0.05, 0) is 74.4 Å². The summed E-state index contributed by atoms with van der Waals surface area (Å²) < 4.78 is 12.4. The summed E-state index contributed by atoms with van der Waals surface area (Å²) in [5.41, 5.74) is -0.616. The second-order valence-corrected chi connectivity index (χ2v) is 9.11. The van der Waals surface area contributed by atoms with Crippen LogP contribution < -0.4 is 4.74 Å². The molecule has 0 aliphatic carbocycles. The number of aldehydes is 1. The summed E-state index contributed by atoms with van der Waals surface area (Å²) in [6, 6.07) is 3.71. The number of carbonyl (C=O) groups excluding carboxylic acids is 2. The van der Waals surface area contributed by atoms with Crippen LogP contribution >= 0.6 is 22.6 Å².